The molecule has 2 heterocycles. The standard InChI is InChI=1S/C25H26N2O3.O2S/c1-16-3-6-19(7-4-16)14-21(28)10-8-18-9-11-22-20(13-18)15-27(25(22)30)23-12-5-17(2)26-24(23)29;1-3-2/h3-4,6-7,9,11,13,23H,2,5,8,10,12,14-15H2,1H3,(H,26,29);. The average molecular weight is 467 g/mol. The van der Waals surface area contributed by atoms with E-state index in [2.05, 4.69) is 11.9 Å². The first-order valence-electron chi connectivity index (χ1n) is 10.7. The molecule has 2 aromatic carbocycles. The molecule has 1 atom stereocenters. The van der Waals surface area contributed by atoms with Crippen molar-refractivity contribution in [2.75, 3.05) is 0 Å². The first-order valence-corrected chi connectivity index (χ1v) is 11.4. The minimum Gasteiger partial charge on any atom is -0.329 e. The maximum Gasteiger partial charge on any atom is 0.335 e. The van der Waals surface area contributed by atoms with Crippen LogP contribution in [0.2, 0.25) is 0 Å². The van der Waals surface area contributed by atoms with Crippen molar-refractivity contribution in [2.24, 2.45) is 0 Å². The largest absolute Gasteiger partial charge is 0.335 e. The molecule has 0 aromatic heterocycles. The molecule has 8 heteroatoms. The molecule has 1 unspecified atom stereocenters. The number of nitrogens with one attached hydrogen (secondary N) is 1. The molecule has 0 aliphatic carbocycles. The first-order chi connectivity index (χ1) is 15.8. The number of allylic oxidation sites excluding steroid dienone is 1. The second-order valence-electron chi connectivity index (χ2n) is 8.34. The number of carbonyl (C=O) groups excluding carboxylic acids is 3. The van der Waals surface area contributed by atoms with E-state index < -0.39 is 17.6 Å². The number of hydrogen-bond acceptors (Lipinski definition) is 5. The summed E-state index contributed by atoms with van der Waals surface area (Å²) in [4.78, 5) is 39.1. The zero-order chi connectivity index (χ0) is 24.0. The highest BCUT2D eigenvalue weighted by atomic mass is 32.1. The number of amides is 2. The molecule has 33 heavy (non-hydrogen) atoms. The number of hydrogen-bond donors (Lipinski definition) is 1. The van der Waals surface area contributed by atoms with Gasteiger partial charge in [0.15, 0.2) is 0 Å². The third-order valence-corrected chi connectivity index (χ3v) is 5.91. The van der Waals surface area contributed by atoms with E-state index in [1.165, 1.54) is 5.56 Å². The molecule has 1 N–H and O–H groups in total. The zero-order valence-corrected chi connectivity index (χ0v) is 19.3. The Morgan fingerprint density at radius 2 is 1.79 bits per heavy atom. The van der Waals surface area contributed by atoms with Gasteiger partial charge < -0.3 is 10.2 Å². The molecule has 0 saturated carbocycles. The van der Waals surface area contributed by atoms with E-state index in [4.69, 9.17) is 8.42 Å². The Morgan fingerprint density at radius 3 is 2.45 bits per heavy atom. The van der Waals surface area contributed by atoms with Gasteiger partial charge in [0.05, 0.1) is 0 Å². The summed E-state index contributed by atoms with van der Waals surface area (Å²) in [5.74, 6) is -0.0508. The predicted octanol–water partition coefficient (Wildman–Crippen LogP) is 2.82. The lowest BCUT2D eigenvalue weighted by atomic mass is 9.99. The van der Waals surface area contributed by atoms with Crippen molar-refractivity contribution in [3.8, 4) is 0 Å². The minimum atomic E-state index is -0.750. The van der Waals surface area contributed by atoms with E-state index in [-0.39, 0.29) is 17.6 Å². The van der Waals surface area contributed by atoms with Crippen LogP contribution in [-0.4, -0.2) is 37.0 Å². The first kappa shape index (κ1) is 24.3. The number of benzene rings is 2. The average Bonchev–Trinajstić information content (AvgIpc) is 3.10. The second-order valence-corrected chi connectivity index (χ2v) is 8.48. The van der Waals surface area contributed by atoms with E-state index >= 15 is 0 Å². The van der Waals surface area contributed by atoms with Crippen LogP contribution in [0.25, 0.3) is 0 Å². The topological polar surface area (TPSA) is 101 Å². The number of piperidine rings is 1. The fourth-order valence-electron chi connectivity index (χ4n) is 4.17. The lowest BCUT2D eigenvalue weighted by molar-refractivity contribution is -0.126. The summed E-state index contributed by atoms with van der Waals surface area (Å²) >= 11 is -0.750. The van der Waals surface area contributed by atoms with Gasteiger partial charge in [-0.25, -0.2) is 0 Å². The molecule has 1 fully saturated rings. The Hall–Kier alpha value is -3.39. The van der Waals surface area contributed by atoms with Crippen LogP contribution in [0.3, 0.4) is 0 Å². The van der Waals surface area contributed by atoms with Gasteiger partial charge in [0.1, 0.15) is 11.8 Å². The fourth-order valence-corrected chi connectivity index (χ4v) is 4.17. The molecule has 2 aliphatic rings. The van der Waals surface area contributed by atoms with Crippen LogP contribution in [0.15, 0.2) is 54.7 Å². The Labute approximate surface area is 196 Å². The molecule has 0 spiro atoms. The summed E-state index contributed by atoms with van der Waals surface area (Å²) in [6, 6.07) is 13.3. The summed E-state index contributed by atoms with van der Waals surface area (Å²) < 4.78 is 16.6. The van der Waals surface area contributed by atoms with Gasteiger partial charge >= 0.3 is 11.6 Å². The Kier molecular flexibility index (Phi) is 8.06. The van der Waals surface area contributed by atoms with Crippen molar-refractivity contribution in [1.29, 1.82) is 0 Å². The lowest BCUT2D eigenvalue weighted by Gasteiger charge is -2.30. The number of aryl methyl sites for hydroxylation is 2. The number of carbonyl (C=O) groups is 3. The van der Waals surface area contributed by atoms with Crippen LogP contribution in [0.1, 0.15) is 51.9 Å². The molecule has 4 rings (SSSR count). The maximum atomic E-state index is 12.8. The highest BCUT2D eigenvalue weighted by Crippen LogP contribution is 2.29. The van der Waals surface area contributed by atoms with E-state index in [1.54, 1.807) is 4.90 Å². The van der Waals surface area contributed by atoms with Crippen LogP contribution in [0.5, 0.6) is 0 Å². The van der Waals surface area contributed by atoms with Gasteiger partial charge in [0.2, 0.25) is 5.91 Å². The number of nitrogens with zero attached hydrogens (tertiary/aromatic N) is 1. The minimum absolute atomic E-state index is 0.0975. The zero-order valence-electron chi connectivity index (χ0n) is 18.5. The lowest BCUT2D eigenvalue weighted by Crippen LogP contribution is -2.49. The third kappa shape index (κ3) is 6.10. The van der Waals surface area contributed by atoms with Crippen molar-refractivity contribution in [3.63, 3.8) is 0 Å². The van der Waals surface area contributed by atoms with Crippen molar-refractivity contribution < 1.29 is 22.8 Å². The third-order valence-electron chi connectivity index (χ3n) is 5.91. The molecule has 0 bridgehead atoms. The smallest absolute Gasteiger partial charge is 0.329 e. The van der Waals surface area contributed by atoms with Crippen LogP contribution < -0.4 is 5.32 Å². The molecule has 0 radical (unpaired) electrons. The van der Waals surface area contributed by atoms with Gasteiger partial charge in [-0.2, -0.15) is 8.42 Å². The molecule has 7 nitrogen and oxygen atoms in total. The van der Waals surface area contributed by atoms with E-state index in [0.717, 1.165) is 16.7 Å². The summed E-state index contributed by atoms with van der Waals surface area (Å²) in [5.41, 5.74) is 5.56. The van der Waals surface area contributed by atoms with E-state index in [9.17, 15) is 14.4 Å². The van der Waals surface area contributed by atoms with Crippen molar-refractivity contribution in [2.45, 2.75) is 51.6 Å². The molecular weight excluding hydrogens is 440 g/mol. The number of ketones is 1. The molecule has 172 valence electrons. The van der Waals surface area contributed by atoms with Gasteiger partial charge in [0, 0.05) is 30.6 Å². The highest BCUT2D eigenvalue weighted by molar-refractivity contribution is 7.51. The Bertz CT molecular complexity index is 1120. The summed E-state index contributed by atoms with van der Waals surface area (Å²) in [5, 5.41) is 2.76. The Balaban J connectivity index is 0.000000968. The SMILES string of the molecule is C=C1CCC(N2Cc3cc(CCC(=O)Cc4ccc(C)cc4)ccc3C2=O)C(=O)N1.O=S=O. The fraction of sp³-hybridized carbons (Fsp3) is 0.320. The monoisotopic (exact) mass is 466 g/mol. The quantitative estimate of drug-likeness (QED) is 0.706. The van der Waals surface area contributed by atoms with Gasteiger partial charge in [-0.15, -0.1) is 0 Å². The second kappa shape index (κ2) is 11.0. The van der Waals surface area contributed by atoms with Crippen molar-refractivity contribution in [3.05, 3.63) is 82.6 Å². The van der Waals surface area contributed by atoms with Crippen molar-refractivity contribution in [1.82, 2.24) is 10.2 Å². The summed E-state index contributed by atoms with van der Waals surface area (Å²) in [7, 11) is 0. The molecule has 2 aromatic rings. The van der Waals surface area contributed by atoms with Crippen LogP contribution >= 0.6 is 0 Å². The normalized spacial score (nSPS) is 17.1. The van der Waals surface area contributed by atoms with E-state index in [1.807, 2.05) is 49.4 Å². The predicted molar refractivity (Wildman–Crippen MR) is 124 cm³/mol. The van der Waals surface area contributed by atoms with E-state index in [0.29, 0.717) is 49.9 Å². The summed E-state index contributed by atoms with van der Waals surface area (Å²) in [6.07, 6.45) is 2.85. The molecule has 2 aliphatic heterocycles. The maximum absolute atomic E-state index is 12.8. The highest BCUT2D eigenvalue weighted by Gasteiger charge is 2.38. The van der Waals surface area contributed by atoms with Crippen LogP contribution in [0.4, 0.5) is 0 Å². The molecular formula is C25H26N2O5S. The number of fused-ring (bicyclic) bond motifs is 1. The van der Waals surface area contributed by atoms with Crippen LogP contribution in [-0.2, 0) is 40.5 Å². The van der Waals surface area contributed by atoms with Gasteiger partial charge in [-0.1, -0.05) is 48.5 Å². The summed E-state index contributed by atoms with van der Waals surface area (Å²) in [6.45, 7) is 6.26. The number of Topliss-reactive ketones (excluding diaryl/α,β-unsaturated/α-hetero) is 1. The van der Waals surface area contributed by atoms with Crippen LogP contribution in [0, 0.1) is 6.92 Å². The van der Waals surface area contributed by atoms with Gasteiger partial charge in [0.25, 0.3) is 5.91 Å². The number of rotatable bonds is 6. The van der Waals surface area contributed by atoms with Gasteiger partial charge in [-0.05, 0) is 48.9 Å². The molecule has 1 saturated heterocycles. The van der Waals surface area contributed by atoms with Crippen molar-refractivity contribution >= 4 is 29.2 Å². The van der Waals surface area contributed by atoms with Gasteiger partial charge in [-0.3, -0.25) is 14.4 Å². The molecule has 2 amide bonds. The Morgan fingerprint density at radius 1 is 1.12 bits per heavy atom.